The van der Waals surface area contributed by atoms with Crippen molar-refractivity contribution in [3.8, 4) is 11.5 Å². The summed E-state index contributed by atoms with van der Waals surface area (Å²) in [6.07, 6.45) is 1.60. The van der Waals surface area contributed by atoms with Gasteiger partial charge in [-0.05, 0) is 31.2 Å². The van der Waals surface area contributed by atoms with Crippen molar-refractivity contribution >= 4 is 11.8 Å². The van der Waals surface area contributed by atoms with E-state index < -0.39 is 0 Å². The van der Waals surface area contributed by atoms with E-state index in [4.69, 9.17) is 13.9 Å². The van der Waals surface area contributed by atoms with Gasteiger partial charge in [0.1, 0.15) is 12.4 Å². The van der Waals surface area contributed by atoms with E-state index >= 15 is 0 Å². The lowest BCUT2D eigenvalue weighted by Crippen LogP contribution is -2.46. The van der Waals surface area contributed by atoms with Gasteiger partial charge in [0, 0.05) is 19.5 Å². The first-order chi connectivity index (χ1) is 13.6. The van der Waals surface area contributed by atoms with E-state index in [1.807, 2.05) is 37.3 Å². The minimum atomic E-state index is -0.334. The van der Waals surface area contributed by atoms with Gasteiger partial charge in [0.15, 0.2) is 17.6 Å². The van der Waals surface area contributed by atoms with Crippen molar-refractivity contribution < 1.29 is 23.5 Å². The molecule has 1 aromatic heterocycles. The molecule has 2 amide bonds. The van der Waals surface area contributed by atoms with E-state index in [1.165, 1.54) is 0 Å². The van der Waals surface area contributed by atoms with Crippen molar-refractivity contribution in [1.82, 2.24) is 9.80 Å². The number of likely N-dealkylation sites (tertiary alicyclic amines) is 1. The standard InChI is InChI=1S/C21H24N2O5/c1-2-22(13-17-14-27-18-7-3-4-8-19(18)28-17)21(25)15-10-20(24)23(11-15)12-16-6-5-9-26-16/h3-9,15,17H,2,10-14H2,1H3. The van der Waals surface area contributed by atoms with Crippen molar-refractivity contribution in [2.75, 3.05) is 26.2 Å². The molecule has 0 spiro atoms. The van der Waals surface area contributed by atoms with Crippen LogP contribution in [0.5, 0.6) is 11.5 Å². The van der Waals surface area contributed by atoms with E-state index in [0.29, 0.717) is 38.5 Å². The highest BCUT2D eigenvalue weighted by Crippen LogP contribution is 2.31. The van der Waals surface area contributed by atoms with Crippen LogP contribution in [0.15, 0.2) is 47.1 Å². The van der Waals surface area contributed by atoms with E-state index in [0.717, 1.165) is 11.5 Å². The average molecular weight is 384 g/mol. The van der Waals surface area contributed by atoms with Crippen LogP contribution in [0.25, 0.3) is 0 Å². The Balaban J connectivity index is 1.36. The van der Waals surface area contributed by atoms with Gasteiger partial charge in [-0.2, -0.15) is 0 Å². The quantitative estimate of drug-likeness (QED) is 0.764. The van der Waals surface area contributed by atoms with Gasteiger partial charge in [0.25, 0.3) is 0 Å². The molecule has 4 rings (SSSR count). The van der Waals surface area contributed by atoms with E-state index in [2.05, 4.69) is 0 Å². The topological polar surface area (TPSA) is 72.2 Å². The fourth-order valence-electron chi connectivity index (χ4n) is 3.71. The lowest BCUT2D eigenvalue weighted by atomic mass is 10.1. The van der Waals surface area contributed by atoms with Crippen LogP contribution in [0.4, 0.5) is 0 Å². The molecule has 1 fully saturated rings. The molecule has 0 bridgehead atoms. The minimum Gasteiger partial charge on any atom is -0.486 e. The van der Waals surface area contributed by atoms with Gasteiger partial charge >= 0.3 is 0 Å². The number of furan rings is 1. The summed E-state index contributed by atoms with van der Waals surface area (Å²) in [5, 5.41) is 0. The Kier molecular flexibility index (Phi) is 5.23. The maximum absolute atomic E-state index is 13.0. The summed E-state index contributed by atoms with van der Waals surface area (Å²) >= 11 is 0. The van der Waals surface area contributed by atoms with Gasteiger partial charge in [0.2, 0.25) is 11.8 Å². The second-order valence-electron chi connectivity index (χ2n) is 7.13. The number of fused-ring (bicyclic) bond motifs is 1. The zero-order chi connectivity index (χ0) is 19.5. The van der Waals surface area contributed by atoms with Gasteiger partial charge in [-0.15, -0.1) is 0 Å². The highest BCUT2D eigenvalue weighted by molar-refractivity contribution is 5.89. The van der Waals surface area contributed by atoms with Crippen LogP contribution in [0, 0.1) is 5.92 Å². The third-order valence-corrected chi connectivity index (χ3v) is 5.18. The van der Waals surface area contributed by atoms with E-state index in [1.54, 1.807) is 22.1 Å². The van der Waals surface area contributed by atoms with Crippen molar-refractivity contribution in [1.29, 1.82) is 0 Å². The van der Waals surface area contributed by atoms with Crippen LogP contribution in [-0.4, -0.2) is 54.0 Å². The van der Waals surface area contributed by atoms with Gasteiger partial charge in [0.05, 0.1) is 25.3 Å². The van der Waals surface area contributed by atoms with Crippen LogP contribution in [0.1, 0.15) is 19.1 Å². The molecule has 148 valence electrons. The second kappa shape index (κ2) is 7.96. The predicted molar refractivity (Wildman–Crippen MR) is 101 cm³/mol. The lowest BCUT2D eigenvalue weighted by Gasteiger charge is -2.32. The number of benzene rings is 1. The SMILES string of the molecule is CCN(CC1COc2ccccc2O1)C(=O)C1CC(=O)N(Cc2ccco2)C1. The zero-order valence-corrected chi connectivity index (χ0v) is 15.9. The maximum atomic E-state index is 13.0. The smallest absolute Gasteiger partial charge is 0.228 e. The maximum Gasteiger partial charge on any atom is 0.228 e. The monoisotopic (exact) mass is 384 g/mol. The molecule has 2 aliphatic rings. The summed E-state index contributed by atoms with van der Waals surface area (Å²) in [7, 11) is 0. The molecule has 7 nitrogen and oxygen atoms in total. The summed E-state index contributed by atoms with van der Waals surface area (Å²) < 4.78 is 17.0. The summed E-state index contributed by atoms with van der Waals surface area (Å²) in [6.45, 7) is 4.15. The van der Waals surface area contributed by atoms with Crippen molar-refractivity contribution in [3.05, 3.63) is 48.4 Å². The van der Waals surface area contributed by atoms with Crippen LogP contribution in [0.3, 0.4) is 0 Å². The Hall–Kier alpha value is -2.96. The fraction of sp³-hybridized carbons (Fsp3) is 0.429. The van der Waals surface area contributed by atoms with Gasteiger partial charge in [-0.25, -0.2) is 0 Å². The summed E-state index contributed by atoms with van der Waals surface area (Å²) in [5.41, 5.74) is 0. The molecule has 1 saturated heterocycles. The molecule has 2 unspecified atom stereocenters. The normalized spacial score (nSPS) is 21.0. The van der Waals surface area contributed by atoms with Gasteiger partial charge < -0.3 is 23.7 Å². The average Bonchev–Trinajstić information content (AvgIpc) is 3.36. The number of hydrogen-bond acceptors (Lipinski definition) is 5. The molecule has 28 heavy (non-hydrogen) atoms. The third kappa shape index (κ3) is 3.83. The largest absolute Gasteiger partial charge is 0.486 e. The molecule has 2 atom stereocenters. The molecule has 0 aliphatic carbocycles. The highest BCUT2D eigenvalue weighted by atomic mass is 16.6. The third-order valence-electron chi connectivity index (χ3n) is 5.18. The first-order valence-electron chi connectivity index (χ1n) is 9.61. The van der Waals surface area contributed by atoms with Crippen LogP contribution in [-0.2, 0) is 16.1 Å². The molecule has 2 aliphatic heterocycles. The minimum absolute atomic E-state index is 0.0137. The number of ether oxygens (including phenoxy) is 2. The van der Waals surface area contributed by atoms with Gasteiger partial charge in [-0.1, -0.05) is 12.1 Å². The Bertz CT molecular complexity index is 835. The zero-order valence-electron chi connectivity index (χ0n) is 15.9. The molecule has 0 N–H and O–H groups in total. The Labute approximate surface area is 163 Å². The Morgan fingerprint density at radius 3 is 2.79 bits per heavy atom. The second-order valence-corrected chi connectivity index (χ2v) is 7.13. The molecule has 2 aromatic rings. The predicted octanol–water partition coefficient (Wildman–Crippen LogP) is 2.32. The molecule has 7 heteroatoms. The molecule has 0 saturated carbocycles. The fourth-order valence-corrected chi connectivity index (χ4v) is 3.71. The molecular formula is C21H24N2O5. The van der Waals surface area contributed by atoms with E-state index in [-0.39, 0.29) is 30.3 Å². The number of para-hydroxylation sites is 2. The number of hydrogen-bond donors (Lipinski definition) is 0. The molecule has 0 radical (unpaired) electrons. The lowest BCUT2D eigenvalue weighted by molar-refractivity contribution is -0.137. The van der Waals surface area contributed by atoms with Crippen LogP contribution < -0.4 is 9.47 Å². The Morgan fingerprint density at radius 1 is 1.21 bits per heavy atom. The number of rotatable bonds is 6. The summed E-state index contributed by atoms with van der Waals surface area (Å²) in [4.78, 5) is 28.8. The highest BCUT2D eigenvalue weighted by Gasteiger charge is 2.37. The van der Waals surface area contributed by atoms with Crippen molar-refractivity contribution in [2.24, 2.45) is 5.92 Å². The van der Waals surface area contributed by atoms with Crippen molar-refractivity contribution in [3.63, 3.8) is 0 Å². The summed E-state index contributed by atoms with van der Waals surface area (Å²) in [6, 6.07) is 11.1. The number of nitrogens with zero attached hydrogens (tertiary/aromatic N) is 2. The number of amides is 2. The molecule has 1 aromatic carbocycles. The van der Waals surface area contributed by atoms with Gasteiger partial charge in [-0.3, -0.25) is 9.59 Å². The number of carbonyl (C=O) groups is 2. The first kappa shape index (κ1) is 18.4. The summed E-state index contributed by atoms with van der Waals surface area (Å²) in [5.74, 6) is 1.78. The first-order valence-corrected chi connectivity index (χ1v) is 9.61. The van der Waals surface area contributed by atoms with Crippen LogP contribution in [0.2, 0.25) is 0 Å². The van der Waals surface area contributed by atoms with Crippen LogP contribution >= 0.6 is 0 Å². The number of carbonyl (C=O) groups excluding carboxylic acids is 2. The number of likely N-dealkylation sites (N-methyl/N-ethyl adjacent to an activating group) is 1. The molecular weight excluding hydrogens is 360 g/mol. The van der Waals surface area contributed by atoms with Crippen molar-refractivity contribution in [2.45, 2.75) is 26.0 Å². The van der Waals surface area contributed by atoms with E-state index in [9.17, 15) is 9.59 Å². The Morgan fingerprint density at radius 2 is 2.04 bits per heavy atom. The molecule has 3 heterocycles.